The highest BCUT2D eigenvalue weighted by atomic mass is 16.2. The third-order valence-electron chi connectivity index (χ3n) is 3.42. The minimum Gasteiger partial charge on any atom is -0.337 e. The SMILES string of the molecule is CC1CN(C(=O)c2ccc(NN)cn2)CC1C. The number of amides is 1. The average Bonchev–Trinajstić information content (AvgIpc) is 2.69. The molecule has 17 heavy (non-hydrogen) atoms. The number of carbonyl (C=O) groups excluding carboxylic acids is 1. The predicted molar refractivity (Wildman–Crippen MR) is 66.3 cm³/mol. The molecule has 2 rings (SSSR count). The molecule has 1 aromatic heterocycles. The summed E-state index contributed by atoms with van der Waals surface area (Å²) in [7, 11) is 0. The zero-order valence-corrected chi connectivity index (χ0v) is 10.2. The molecule has 0 spiro atoms. The molecule has 1 aromatic rings. The molecule has 92 valence electrons. The molecular formula is C12H18N4O. The largest absolute Gasteiger partial charge is 0.337 e. The first-order valence-corrected chi connectivity index (χ1v) is 5.83. The van der Waals surface area contributed by atoms with Crippen LogP contribution in [-0.2, 0) is 0 Å². The highest BCUT2D eigenvalue weighted by Gasteiger charge is 2.30. The van der Waals surface area contributed by atoms with Crippen LogP contribution in [0.5, 0.6) is 0 Å². The number of likely N-dealkylation sites (tertiary alicyclic amines) is 1. The average molecular weight is 234 g/mol. The molecule has 0 aliphatic carbocycles. The molecule has 5 nitrogen and oxygen atoms in total. The van der Waals surface area contributed by atoms with Crippen LogP contribution in [0.2, 0.25) is 0 Å². The molecule has 3 N–H and O–H groups in total. The van der Waals surface area contributed by atoms with Gasteiger partial charge in [-0.25, -0.2) is 4.98 Å². The number of anilines is 1. The van der Waals surface area contributed by atoms with Crippen LogP contribution in [-0.4, -0.2) is 28.9 Å². The highest BCUT2D eigenvalue weighted by Crippen LogP contribution is 2.23. The number of nitrogens with one attached hydrogen (secondary N) is 1. The molecule has 2 heterocycles. The second-order valence-corrected chi connectivity index (χ2v) is 4.74. The number of aromatic nitrogens is 1. The summed E-state index contributed by atoms with van der Waals surface area (Å²) >= 11 is 0. The number of nitrogens with two attached hydrogens (primary N) is 1. The molecule has 0 radical (unpaired) electrons. The van der Waals surface area contributed by atoms with Gasteiger partial charge in [0.2, 0.25) is 0 Å². The third-order valence-corrected chi connectivity index (χ3v) is 3.42. The second kappa shape index (κ2) is 4.71. The van der Waals surface area contributed by atoms with Gasteiger partial charge in [0.25, 0.3) is 5.91 Å². The van der Waals surface area contributed by atoms with E-state index >= 15 is 0 Å². The molecule has 1 aliphatic rings. The van der Waals surface area contributed by atoms with Crippen molar-refractivity contribution < 1.29 is 4.79 Å². The molecular weight excluding hydrogens is 216 g/mol. The van der Waals surface area contributed by atoms with Crippen molar-refractivity contribution in [2.24, 2.45) is 17.7 Å². The Hall–Kier alpha value is -1.62. The minimum atomic E-state index is 0.00442. The maximum Gasteiger partial charge on any atom is 0.272 e. The predicted octanol–water partition coefficient (Wildman–Crippen LogP) is 1.10. The summed E-state index contributed by atoms with van der Waals surface area (Å²) in [6.07, 6.45) is 1.57. The van der Waals surface area contributed by atoms with Crippen molar-refractivity contribution in [3.63, 3.8) is 0 Å². The first kappa shape index (κ1) is 11.9. The van der Waals surface area contributed by atoms with Gasteiger partial charge in [-0.15, -0.1) is 0 Å². The molecule has 5 heteroatoms. The lowest BCUT2D eigenvalue weighted by molar-refractivity contribution is 0.0779. The molecule has 2 unspecified atom stereocenters. The maximum atomic E-state index is 12.1. The van der Waals surface area contributed by atoms with Gasteiger partial charge in [-0.3, -0.25) is 10.6 Å². The Kier molecular flexibility index (Phi) is 3.28. The Morgan fingerprint density at radius 2 is 2.06 bits per heavy atom. The van der Waals surface area contributed by atoms with Gasteiger partial charge in [-0.1, -0.05) is 13.8 Å². The van der Waals surface area contributed by atoms with Crippen molar-refractivity contribution in [2.45, 2.75) is 13.8 Å². The summed E-state index contributed by atoms with van der Waals surface area (Å²) in [6.45, 7) is 5.98. The van der Waals surface area contributed by atoms with E-state index in [1.54, 1.807) is 18.3 Å². The minimum absolute atomic E-state index is 0.00442. The molecule has 1 aliphatic heterocycles. The number of hydrogen-bond acceptors (Lipinski definition) is 4. The Labute approximate surface area is 101 Å². The van der Waals surface area contributed by atoms with Crippen LogP contribution in [0.15, 0.2) is 18.3 Å². The number of nitrogen functional groups attached to an aromatic ring is 1. The molecule has 2 atom stereocenters. The summed E-state index contributed by atoms with van der Waals surface area (Å²) in [6, 6.07) is 3.45. The van der Waals surface area contributed by atoms with Crippen LogP contribution in [0.1, 0.15) is 24.3 Å². The summed E-state index contributed by atoms with van der Waals surface area (Å²) in [5, 5.41) is 0. The second-order valence-electron chi connectivity index (χ2n) is 4.74. The molecule has 0 saturated carbocycles. The van der Waals surface area contributed by atoms with Crippen LogP contribution in [0.25, 0.3) is 0 Å². The molecule has 1 amide bonds. The fraction of sp³-hybridized carbons (Fsp3) is 0.500. The number of pyridine rings is 1. The third kappa shape index (κ3) is 2.39. The van der Waals surface area contributed by atoms with E-state index in [0.29, 0.717) is 23.2 Å². The topological polar surface area (TPSA) is 71.2 Å². The van der Waals surface area contributed by atoms with Gasteiger partial charge in [0.15, 0.2) is 0 Å². The van der Waals surface area contributed by atoms with Crippen LogP contribution in [0, 0.1) is 11.8 Å². The zero-order valence-electron chi connectivity index (χ0n) is 10.2. The van der Waals surface area contributed by atoms with E-state index < -0.39 is 0 Å². The zero-order chi connectivity index (χ0) is 12.4. The number of carbonyl (C=O) groups is 1. The van der Waals surface area contributed by atoms with E-state index in [1.165, 1.54) is 0 Å². The lowest BCUT2D eigenvalue weighted by atomic mass is 10.0. The van der Waals surface area contributed by atoms with Crippen molar-refractivity contribution >= 4 is 11.6 Å². The molecule has 0 bridgehead atoms. The van der Waals surface area contributed by atoms with Crippen LogP contribution < -0.4 is 11.3 Å². The summed E-state index contributed by atoms with van der Waals surface area (Å²) < 4.78 is 0. The van der Waals surface area contributed by atoms with Gasteiger partial charge in [-0.2, -0.15) is 0 Å². The van der Waals surface area contributed by atoms with Gasteiger partial charge in [0.05, 0.1) is 11.9 Å². The summed E-state index contributed by atoms with van der Waals surface area (Å²) in [4.78, 5) is 18.1. The van der Waals surface area contributed by atoms with Crippen molar-refractivity contribution in [3.05, 3.63) is 24.0 Å². The number of hydrogen-bond donors (Lipinski definition) is 2. The van der Waals surface area contributed by atoms with Gasteiger partial charge in [-0.05, 0) is 24.0 Å². The summed E-state index contributed by atoms with van der Waals surface area (Å²) in [5.41, 5.74) is 3.67. The first-order chi connectivity index (χ1) is 8.11. The monoisotopic (exact) mass is 234 g/mol. The highest BCUT2D eigenvalue weighted by molar-refractivity contribution is 5.92. The molecule has 0 aromatic carbocycles. The van der Waals surface area contributed by atoms with E-state index in [-0.39, 0.29) is 5.91 Å². The van der Waals surface area contributed by atoms with E-state index in [1.807, 2.05) is 4.90 Å². The smallest absolute Gasteiger partial charge is 0.272 e. The Morgan fingerprint density at radius 3 is 2.53 bits per heavy atom. The normalized spacial score (nSPS) is 23.8. The van der Waals surface area contributed by atoms with Gasteiger partial charge in [0.1, 0.15) is 5.69 Å². The van der Waals surface area contributed by atoms with E-state index in [0.717, 1.165) is 13.1 Å². The van der Waals surface area contributed by atoms with Gasteiger partial charge >= 0.3 is 0 Å². The Balaban J connectivity index is 2.09. The summed E-state index contributed by atoms with van der Waals surface area (Å²) in [5.74, 6) is 6.37. The molecule has 1 saturated heterocycles. The molecule has 1 fully saturated rings. The Morgan fingerprint density at radius 1 is 1.41 bits per heavy atom. The van der Waals surface area contributed by atoms with Gasteiger partial charge < -0.3 is 10.3 Å². The lowest BCUT2D eigenvalue weighted by Crippen LogP contribution is -2.29. The van der Waals surface area contributed by atoms with Crippen LogP contribution in [0.3, 0.4) is 0 Å². The fourth-order valence-corrected chi connectivity index (χ4v) is 2.06. The first-order valence-electron chi connectivity index (χ1n) is 5.83. The van der Waals surface area contributed by atoms with Crippen molar-refractivity contribution in [2.75, 3.05) is 18.5 Å². The standard InChI is InChI=1S/C12H18N4O/c1-8-6-16(7-9(8)2)12(17)11-4-3-10(15-13)5-14-11/h3-5,8-9,15H,6-7,13H2,1-2H3. The van der Waals surface area contributed by atoms with E-state index in [4.69, 9.17) is 5.84 Å². The van der Waals surface area contributed by atoms with Crippen LogP contribution >= 0.6 is 0 Å². The van der Waals surface area contributed by atoms with Gasteiger partial charge in [0, 0.05) is 13.1 Å². The lowest BCUT2D eigenvalue weighted by Gasteiger charge is -2.15. The quantitative estimate of drug-likeness (QED) is 0.593. The van der Waals surface area contributed by atoms with Crippen LogP contribution in [0.4, 0.5) is 5.69 Å². The van der Waals surface area contributed by atoms with Crippen molar-refractivity contribution in [1.82, 2.24) is 9.88 Å². The fourth-order valence-electron chi connectivity index (χ4n) is 2.06. The Bertz CT molecular complexity index is 393. The maximum absolute atomic E-state index is 12.1. The van der Waals surface area contributed by atoms with Crippen molar-refractivity contribution in [3.8, 4) is 0 Å². The number of rotatable bonds is 2. The van der Waals surface area contributed by atoms with E-state index in [2.05, 4.69) is 24.3 Å². The number of nitrogens with zero attached hydrogens (tertiary/aromatic N) is 2. The number of hydrazine groups is 1. The van der Waals surface area contributed by atoms with E-state index in [9.17, 15) is 4.79 Å². The van der Waals surface area contributed by atoms with Crippen molar-refractivity contribution in [1.29, 1.82) is 0 Å².